The van der Waals surface area contributed by atoms with E-state index in [0.717, 1.165) is 22.8 Å². The number of hydrogen-bond acceptors (Lipinski definition) is 2. The van der Waals surface area contributed by atoms with Crippen LogP contribution in [-0.4, -0.2) is 9.97 Å². The zero-order valence-corrected chi connectivity index (χ0v) is 8.03. The summed E-state index contributed by atoms with van der Waals surface area (Å²) in [5, 5.41) is 0. The van der Waals surface area contributed by atoms with Gasteiger partial charge in [0, 0.05) is 0 Å². The second kappa shape index (κ2) is 3.67. The van der Waals surface area contributed by atoms with Gasteiger partial charge in [-0.05, 0) is 27.7 Å². The first-order chi connectivity index (χ1) is 4.61. The molecule has 0 N–H and O–H groups in total. The Morgan fingerprint density at radius 1 is 0.727 bits per heavy atom. The highest BCUT2D eigenvalue weighted by molar-refractivity contribution is 5.16. The first-order valence-electron chi connectivity index (χ1n) is 3.39. The third-order valence-electron chi connectivity index (χ3n) is 1.72. The Labute approximate surface area is 75.0 Å². The van der Waals surface area contributed by atoms with Gasteiger partial charge in [-0.3, -0.25) is 9.97 Å². The summed E-state index contributed by atoms with van der Waals surface area (Å²) < 4.78 is 0. The molecule has 0 amide bonds. The Morgan fingerprint density at radius 3 is 1.09 bits per heavy atom. The van der Waals surface area contributed by atoms with Crippen LogP contribution in [0.4, 0.5) is 0 Å². The van der Waals surface area contributed by atoms with E-state index in [1.165, 1.54) is 0 Å². The summed E-state index contributed by atoms with van der Waals surface area (Å²) in [6.07, 6.45) is 0. The molecule has 0 unspecified atom stereocenters. The maximum absolute atomic E-state index is 4.31. The van der Waals surface area contributed by atoms with E-state index in [2.05, 4.69) is 9.97 Å². The fourth-order valence-corrected chi connectivity index (χ4v) is 0.827. The van der Waals surface area contributed by atoms with Crippen molar-refractivity contribution in [3.05, 3.63) is 22.8 Å². The van der Waals surface area contributed by atoms with Crippen LogP contribution in [0.15, 0.2) is 0 Å². The average Bonchev–Trinajstić information content (AvgIpc) is 1.84. The van der Waals surface area contributed by atoms with Crippen molar-refractivity contribution in [2.45, 2.75) is 27.7 Å². The van der Waals surface area contributed by atoms with E-state index < -0.39 is 0 Å². The fraction of sp³-hybridized carbons (Fsp3) is 0.500. The van der Waals surface area contributed by atoms with Gasteiger partial charge in [0.25, 0.3) is 0 Å². The Balaban J connectivity index is 0. The molecule has 0 saturated carbocycles. The third kappa shape index (κ3) is 2.15. The first kappa shape index (κ1) is 10.4. The lowest BCUT2D eigenvalue weighted by molar-refractivity contribution is -0.00000259. The first-order valence-corrected chi connectivity index (χ1v) is 3.39. The van der Waals surface area contributed by atoms with E-state index in [0.29, 0.717) is 0 Å². The number of halogens is 1. The number of rotatable bonds is 0. The minimum atomic E-state index is 0. The molecule has 0 fully saturated rings. The van der Waals surface area contributed by atoms with Crippen LogP contribution in [0.5, 0.6) is 0 Å². The maximum Gasteiger partial charge on any atom is 1.00 e. The van der Waals surface area contributed by atoms with Gasteiger partial charge in [-0.15, -0.1) is 0 Å². The van der Waals surface area contributed by atoms with Crippen LogP contribution in [0.1, 0.15) is 24.2 Å². The van der Waals surface area contributed by atoms with E-state index in [4.69, 9.17) is 0 Å². The smallest absolute Gasteiger partial charge is 1.00 e. The van der Waals surface area contributed by atoms with E-state index in [9.17, 15) is 0 Å². The quantitative estimate of drug-likeness (QED) is 0.493. The van der Waals surface area contributed by atoms with Crippen molar-refractivity contribution >= 4 is 0 Å². The summed E-state index contributed by atoms with van der Waals surface area (Å²) in [4.78, 5) is 8.62. The average molecular weight is 173 g/mol. The standard InChI is InChI=1S/C8H12N2.ClH/c1-5-6(2)10-8(4)7(3)9-5;/h1-4H3;1H. The molecule has 62 valence electrons. The summed E-state index contributed by atoms with van der Waals surface area (Å²) >= 11 is 0. The van der Waals surface area contributed by atoms with Crippen molar-refractivity contribution < 1.29 is 13.8 Å². The number of aromatic nitrogens is 2. The van der Waals surface area contributed by atoms with Crippen molar-refractivity contribution in [1.82, 2.24) is 9.97 Å². The van der Waals surface area contributed by atoms with Gasteiger partial charge in [0.2, 0.25) is 0 Å². The molecule has 0 bridgehead atoms. The Kier molecular flexibility index (Phi) is 3.46. The van der Waals surface area contributed by atoms with Gasteiger partial charge < -0.3 is 12.4 Å². The van der Waals surface area contributed by atoms with Crippen molar-refractivity contribution in [2.24, 2.45) is 0 Å². The van der Waals surface area contributed by atoms with Gasteiger partial charge in [0.05, 0.1) is 22.8 Å². The van der Waals surface area contributed by atoms with Gasteiger partial charge in [-0.25, -0.2) is 0 Å². The normalized spacial score (nSPS) is 9.09. The molecule has 1 aromatic rings. The van der Waals surface area contributed by atoms with E-state index in [1.54, 1.807) is 0 Å². The molecule has 0 aliphatic heterocycles. The molecule has 0 radical (unpaired) electrons. The lowest BCUT2D eigenvalue weighted by Crippen LogP contribution is -3.00. The molecule has 2 nitrogen and oxygen atoms in total. The van der Waals surface area contributed by atoms with Gasteiger partial charge in [-0.1, -0.05) is 0 Å². The predicted molar refractivity (Wildman–Crippen MR) is 42.1 cm³/mol. The molecule has 0 aliphatic rings. The summed E-state index contributed by atoms with van der Waals surface area (Å²) in [5.41, 5.74) is 4.12. The lowest BCUT2D eigenvalue weighted by atomic mass is 10.3. The van der Waals surface area contributed by atoms with Crippen LogP contribution in [0.2, 0.25) is 0 Å². The summed E-state index contributed by atoms with van der Waals surface area (Å²) in [6.45, 7) is 7.92. The van der Waals surface area contributed by atoms with Crippen LogP contribution in [0, 0.1) is 27.7 Å². The zero-order chi connectivity index (χ0) is 7.72. The molecule has 1 rings (SSSR count). The highest BCUT2D eigenvalue weighted by Crippen LogP contribution is 2.04. The van der Waals surface area contributed by atoms with Crippen LogP contribution in [0.3, 0.4) is 0 Å². The second-order valence-corrected chi connectivity index (χ2v) is 2.57. The Bertz CT molecular complexity index is 213. The van der Waals surface area contributed by atoms with Crippen LogP contribution >= 0.6 is 0 Å². The molecule has 11 heavy (non-hydrogen) atoms. The molecule has 0 aliphatic carbocycles. The van der Waals surface area contributed by atoms with Gasteiger partial charge >= 0.3 is 1.43 Å². The molecular weight excluding hydrogens is 160 g/mol. The summed E-state index contributed by atoms with van der Waals surface area (Å²) in [7, 11) is 0. The summed E-state index contributed by atoms with van der Waals surface area (Å²) in [5.74, 6) is 0. The summed E-state index contributed by atoms with van der Waals surface area (Å²) in [6, 6.07) is 0. The predicted octanol–water partition coefficient (Wildman–Crippen LogP) is -1.17. The minimum absolute atomic E-state index is 0. The molecule has 0 aromatic carbocycles. The monoisotopic (exact) mass is 172 g/mol. The number of aryl methyl sites for hydroxylation is 4. The van der Waals surface area contributed by atoms with Crippen LogP contribution < -0.4 is 12.4 Å². The number of nitrogens with zero attached hydrogens (tertiary/aromatic N) is 2. The topological polar surface area (TPSA) is 25.8 Å². The van der Waals surface area contributed by atoms with Crippen molar-refractivity contribution in [3.63, 3.8) is 0 Å². The second-order valence-electron chi connectivity index (χ2n) is 2.57. The zero-order valence-electron chi connectivity index (χ0n) is 8.27. The Hall–Kier alpha value is -0.630. The van der Waals surface area contributed by atoms with Crippen LogP contribution in [0.25, 0.3) is 0 Å². The largest absolute Gasteiger partial charge is 1.00 e. The molecular formula is C8H13ClN2. The third-order valence-corrected chi connectivity index (χ3v) is 1.72. The van der Waals surface area contributed by atoms with Gasteiger partial charge in [0.1, 0.15) is 0 Å². The highest BCUT2D eigenvalue weighted by atomic mass is 35.5. The molecule has 0 atom stereocenters. The molecule has 1 aromatic heterocycles. The SMILES string of the molecule is Cc1nc(C)c(C)nc1C.[Cl-].[H+]. The maximum atomic E-state index is 4.31. The van der Waals surface area contributed by atoms with Crippen LogP contribution in [-0.2, 0) is 0 Å². The van der Waals surface area contributed by atoms with Crippen molar-refractivity contribution in [2.75, 3.05) is 0 Å². The molecule has 1 heterocycles. The van der Waals surface area contributed by atoms with Crippen molar-refractivity contribution in [1.29, 1.82) is 0 Å². The molecule has 0 spiro atoms. The van der Waals surface area contributed by atoms with Crippen molar-refractivity contribution in [3.8, 4) is 0 Å². The Morgan fingerprint density at radius 2 is 0.909 bits per heavy atom. The van der Waals surface area contributed by atoms with E-state index in [-0.39, 0.29) is 13.8 Å². The lowest BCUT2D eigenvalue weighted by Gasteiger charge is -2.01. The van der Waals surface area contributed by atoms with Gasteiger partial charge in [0.15, 0.2) is 0 Å². The highest BCUT2D eigenvalue weighted by Gasteiger charge is 1.98. The van der Waals surface area contributed by atoms with Gasteiger partial charge in [-0.2, -0.15) is 0 Å². The molecule has 0 saturated heterocycles. The van der Waals surface area contributed by atoms with E-state index in [1.807, 2.05) is 27.7 Å². The fourth-order valence-electron chi connectivity index (χ4n) is 0.827. The van der Waals surface area contributed by atoms with E-state index >= 15 is 0 Å². The minimum Gasteiger partial charge on any atom is -1.00 e. The number of hydrogen-bond donors (Lipinski definition) is 0. The molecule has 3 heteroatoms.